The second kappa shape index (κ2) is 34.4. The molecular formula is C72H86N8O16. The van der Waals surface area contributed by atoms with Crippen LogP contribution in [0.15, 0.2) is 120 Å². The van der Waals surface area contributed by atoms with Gasteiger partial charge in [0.2, 0.25) is 11.8 Å². The summed E-state index contributed by atoms with van der Waals surface area (Å²) < 4.78 is 35.2. The van der Waals surface area contributed by atoms with E-state index < -0.39 is 54.0 Å². The summed E-state index contributed by atoms with van der Waals surface area (Å²) in [7, 11) is 1.53. The highest BCUT2D eigenvalue weighted by molar-refractivity contribution is 6.13. The number of rotatable bonds is 36. The Hall–Kier alpha value is -9.36. The number of carbonyl (C=O) groups is 9. The van der Waals surface area contributed by atoms with Crippen LogP contribution in [0.3, 0.4) is 0 Å². The topological polar surface area (TPSA) is 305 Å². The number of anilines is 2. The number of nitrogens with zero attached hydrogens (tertiary/aromatic N) is 5. The first-order valence-corrected chi connectivity index (χ1v) is 32.8. The minimum atomic E-state index is -1.51. The molecule has 5 atom stereocenters. The number of benzene rings is 4. The molecule has 5 unspecified atom stereocenters. The van der Waals surface area contributed by atoms with Crippen LogP contribution in [0.1, 0.15) is 121 Å². The molecule has 2 fully saturated rings. The molecular weight excluding hydrogens is 1230 g/mol. The molecule has 4 aromatic carbocycles. The zero-order chi connectivity index (χ0) is 68.3. The Morgan fingerprint density at radius 1 is 0.698 bits per heavy atom. The Balaban J connectivity index is 0.752. The summed E-state index contributed by atoms with van der Waals surface area (Å²) in [5.41, 5.74) is 11.2. The van der Waals surface area contributed by atoms with Crippen molar-refractivity contribution in [2.45, 2.75) is 128 Å². The molecule has 0 aliphatic carbocycles. The lowest BCUT2D eigenvalue weighted by molar-refractivity contribution is -0.137. The maximum Gasteiger partial charge on any atom is 0.416 e. The Kier molecular flexibility index (Phi) is 25.4. The van der Waals surface area contributed by atoms with Gasteiger partial charge in [0.15, 0.2) is 17.7 Å². The van der Waals surface area contributed by atoms with Crippen molar-refractivity contribution >= 4 is 76.4 Å². The van der Waals surface area contributed by atoms with E-state index >= 15 is 0 Å². The number of imide groups is 1. The zero-order valence-corrected chi connectivity index (χ0v) is 54.6. The van der Waals surface area contributed by atoms with Gasteiger partial charge in [-0.05, 0) is 119 Å². The predicted molar refractivity (Wildman–Crippen MR) is 357 cm³/mol. The molecule has 0 radical (unpaired) electrons. The second-order valence-corrected chi connectivity index (χ2v) is 24.6. The molecule has 24 nitrogen and oxygen atoms in total. The first kappa shape index (κ1) is 70.9. The van der Waals surface area contributed by atoms with Gasteiger partial charge >= 0.3 is 6.09 Å². The molecule has 24 heteroatoms. The molecule has 2 saturated heterocycles. The number of nitrogens with one attached hydrogen (secondary N) is 2. The van der Waals surface area contributed by atoms with Gasteiger partial charge in [-0.3, -0.25) is 48.2 Å². The average molecular weight is 1320 g/mol. The van der Waals surface area contributed by atoms with Crippen molar-refractivity contribution in [2.75, 3.05) is 83.1 Å². The van der Waals surface area contributed by atoms with Gasteiger partial charge in [0.1, 0.15) is 30.0 Å². The lowest BCUT2D eigenvalue weighted by Crippen LogP contribution is -2.50. The molecule has 510 valence electrons. The normalized spacial score (nSPS) is 17.7. The quantitative estimate of drug-likeness (QED) is 0.0192. The van der Waals surface area contributed by atoms with Crippen LogP contribution in [-0.2, 0) is 56.0 Å². The first-order valence-electron chi connectivity index (χ1n) is 32.8. The number of aliphatic imine (C=N–C) groups is 1. The average Bonchev–Trinajstić information content (AvgIpc) is 1.59. The Morgan fingerprint density at radius 2 is 1.40 bits per heavy atom. The van der Waals surface area contributed by atoms with E-state index in [-0.39, 0.29) is 125 Å². The standard InChI is InChI=1S/C72H86N8O16/c1-46-34-53-42-74-59-40-64(63(91-4)39-56(59)69(87)78(53)43-46)95-30-12-6-11-29-94-62-41-60-57(36-48(62)3)70(88)79-44-47(2)35-61(79)71(89)80(60)72(90)96-45-50-18-20-52(21-19-50)75-68(86)58(17-9-10-26-73)76-67(85)51(37-49-14-7-5-8-15-49)38-55(82)25-31-93-33-32-92-28-13-16-54(81)24-27-77-65(83)22-23-66(77)84/h5,7-8,14-15,18-23,36,39-42,51,53,58,61,71,89H,1-2,6,9-13,16-17,24-35,37-38,43-45,73H2,3-4H3,(H,75,86)(H,76,85). The van der Waals surface area contributed by atoms with Crippen LogP contribution in [0.25, 0.3) is 0 Å². The van der Waals surface area contributed by atoms with Gasteiger partial charge in [-0.1, -0.05) is 66.8 Å². The number of fused-ring (bicyclic) bond motifs is 4. The molecule has 0 aromatic heterocycles. The van der Waals surface area contributed by atoms with Gasteiger partial charge < -0.3 is 59.7 Å². The molecule has 5 aliphatic heterocycles. The third kappa shape index (κ3) is 18.8. The molecule has 5 aliphatic rings. The van der Waals surface area contributed by atoms with Crippen LogP contribution in [0.2, 0.25) is 0 Å². The number of hydrogen-bond donors (Lipinski definition) is 4. The Labute approximate surface area is 558 Å². The maximum absolute atomic E-state index is 14.3. The number of Topliss-reactive ketones (excluding diaryl/α,β-unsaturated/α-hetero) is 2. The molecule has 4 aromatic rings. The lowest BCUT2D eigenvalue weighted by atomic mass is 9.92. The lowest BCUT2D eigenvalue weighted by Gasteiger charge is -2.31. The van der Waals surface area contributed by atoms with E-state index in [1.165, 1.54) is 24.2 Å². The number of methoxy groups -OCH3 is 1. The van der Waals surface area contributed by atoms with Gasteiger partial charge in [0, 0.05) is 94.0 Å². The van der Waals surface area contributed by atoms with Gasteiger partial charge in [0.05, 0.1) is 74.7 Å². The van der Waals surface area contributed by atoms with Crippen LogP contribution in [0, 0.1) is 12.8 Å². The summed E-state index contributed by atoms with van der Waals surface area (Å²) in [5, 5.41) is 17.8. The van der Waals surface area contributed by atoms with E-state index in [1.807, 2.05) is 30.3 Å². The minimum absolute atomic E-state index is 0.0404. The number of carbonyl (C=O) groups excluding carboxylic acids is 9. The van der Waals surface area contributed by atoms with Crippen LogP contribution >= 0.6 is 0 Å². The number of ether oxygens (including phenoxy) is 6. The summed E-state index contributed by atoms with van der Waals surface area (Å²) in [4.78, 5) is 129. The Morgan fingerprint density at radius 3 is 2.12 bits per heavy atom. The molecule has 0 saturated carbocycles. The largest absolute Gasteiger partial charge is 0.493 e. The monoisotopic (exact) mass is 1320 g/mol. The molecule has 5 heterocycles. The third-order valence-corrected chi connectivity index (χ3v) is 17.4. The predicted octanol–water partition coefficient (Wildman–Crippen LogP) is 7.82. The number of aliphatic hydroxyl groups is 1. The van der Waals surface area contributed by atoms with Gasteiger partial charge in [0.25, 0.3) is 23.6 Å². The SMILES string of the molecule is C=C1CC2C=Nc3cc(OCCCCCOc4cc5c(cc4C)C(=O)N4CC(=C)CC4C(O)N5C(=O)OCc4ccc(NC(=O)C(CCCCN)NC(=O)C(CC(=O)CCOCCOCCCC(=O)CCN5C(=O)C=CC5=O)Cc5ccccc5)cc4)c(OC)cc3C(=O)N2C1. The fourth-order valence-electron chi connectivity index (χ4n) is 12.2. The summed E-state index contributed by atoms with van der Waals surface area (Å²) in [6.07, 6.45) is 7.03. The van der Waals surface area contributed by atoms with E-state index in [2.05, 4.69) is 28.8 Å². The number of unbranched alkanes of at least 4 members (excludes halogenated alkanes) is 3. The highest BCUT2D eigenvalue weighted by atomic mass is 16.6. The third-order valence-electron chi connectivity index (χ3n) is 17.4. The maximum atomic E-state index is 14.3. The fraction of sp³-hybridized carbons (Fsp3) is 0.444. The van der Waals surface area contributed by atoms with E-state index in [9.17, 15) is 48.3 Å². The summed E-state index contributed by atoms with van der Waals surface area (Å²) in [6.45, 7) is 12.3. The molecule has 0 bridgehead atoms. The van der Waals surface area contributed by atoms with Crippen molar-refractivity contribution in [1.82, 2.24) is 20.0 Å². The van der Waals surface area contributed by atoms with E-state index in [0.29, 0.717) is 117 Å². The van der Waals surface area contributed by atoms with Gasteiger partial charge in [-0.2, -0.15) is 0 Å². The smallest absolute Gasteiger partial charge is 0.416 e. The first-order chi connectivity index (χ1) is 46.4. The van der Waals surface area contributed by atoms with E-state index in [1.54, 1.807) is 66.6 Å². The van der Waals surface area contributed by atoms with Crippen molar-refractivity contribution in [2.24, 2.45) is 16.6 Å². The molecule has 9 rings (SSSR count). The van der Waals surface area contributed by atoms with Crippen LogP contribution in [-0.4, -0.2) is 176 Å². The highest BCUT2D eigenvalue weighted by Crippen LogP contribution is 2.41. The fourth-order valence-corrected chi connectivity index (χ4v) is 12.2. The summed E-state index contributed by atoms with van der Waals surface area (Å²) in [6, 6.07) is 20.6. The molecule has 7 amide bonds. The van der Waals surface area contributed by atoms with Crippen LogP contribution in [0.4, 0.5) is 21.9 Å². The van der Waals surface area contributed by atoms with Gasteiger partial charge in [-0.25, -0.2) is 9.69 Å². The number of ketones is 2. The van der Waals surface area contributed by atoms with E-state index in [0.717, 1.165) is 32.9 Å². The molecule has 0 spiro atoms. The molecule has 96 heavy (non-hydrogen) atoms. The van der Waals surface area contributed by atoms with Crippen molar-refractivity contribution in [3.8, 4) is 17.2 Å². The number of amides is 7. The van der Waals surface area contributed by atoms with Gasteiger partial charge in [-0.15, -0.1) is 0 Å². The van der Waals surface area contributed by atoms with Crippen molar-refractivity contribution in [3.05, 3.63) is 143 Å². The second-order valence-electron chi connectivity index (χ2n) is 24.6. The van der Waals surface area contributed by atoms with E-state index in [4.69, 9.17) is 34.2 Å². The van der Waals surface area contributed by atoms with Crippen LogP contribution in [0.5, 0.6) is 17.2 Å². The number of hydrogen-bond acceptors (Lipinski definition) is 18. The number of aliphatic hydroxyl groups excluding tert-OH is 1. The number of nitrogens with two attached hydrogens (primary N) is 1. The van der Waals surface area contributed by atoms with Crippen LogP contribution < -0.4 is 35.5 Å². The van der Waals surface area contributed by atoms with Crippen molar-refractivity contribution in [3.63, 3.8) is 0 Å². The minimum Gasteiger partial charge on any atom is -0.493 e. The Bertz CT molecular complexity index is 3570. The summed E-state index contributed by atoms with van der Waals surface area (Å²) >= 11 is 0. The summed E-state index contributed by atoms with van der Waals surface area (Å²) in [5.74, 6) is -2.09. The highest BCUT2D eigenvalue weighted by Gasteiger charge is 2.46. The van der Waals surface area contributed by atoms with Crippen molar-refractivity contribution < 1.29 is 76.7 Å². The van der Waals surface area contributed by atoms with Crippen molar-refractivity contribution in [1.29, 1.82) is 0 Å². The zero-order valence-electron chi connectivity index (χ0n) is 54.6. The number of aryl methyl sites for hydroxylation is 1. The molecule has 5 N–H and O–H groups in total.